The van der Waals surface area contributed by atoms with Gasteiger partial charge in [0.2, 0.25) is 29.5 Å². The lowest BCUT2D eigenvalue weighted by Crippen LogP contribution is -2.52. The summed E-state index contributed by atoms with van der Waals surface area (Å²) in [6, 6.07) is -1.88. The third kappa shape index (κ3) is 15.3. The van der Waals surface area contributed by atoms with Crippen LogP contribution in [-0.2, 0) is 24.0 Å². The smallest absolute Gasteiger partial charge is 0.245 e. The van der Waals surface area contributed by atoms with Gasteiger partial charge in [-0.05, 0) is 39.3 Å². The van der Waals surface area contributed by atoms with Crippen LogP contribution in [0.3, 0.4) is 0 Å². The van der Waals surface area contributed by atoms with Crippen LogP contribution in [-0.4, -0.2) is 80.2 Å². The Morgan fingerprint density at radius 1 is 0.903 bits per heavy atom. The Balaban J connectivity index is -0.00000392. The van der Waals surface area contributed by atoms with Gasteiger partial charge in [-0.3, -0.25) is 24.0 Å². The molecule has 9 N–H and O–H groups in total. The van der Waals surface area contributed by atoms with Gasteiger partial charge in [-0.2, -0.15) is 0 Å². The second-order valence-corrected chi connectivity index (χ2v) is 6.66. The van der Waals surface area contributed by atoms with Crippen molar-refractivity contribution in [3.05, 3.63) is 0 Å². The van der Waals surface area contributed by atoms with Gasteiger partial charge in [0, 0.05) is 13.5 Å². The fraction of sp³-hybridized carbons (Fsp3) is 0.706. The van der Waals surface area contributed by atoms with Gasteiger partial charge < -0.3 is 38.1 Å². The molecule has 31 heavy (non-hydrogen) atoms. The molecular formula is C17H35Cl2N7O5. The second kappa shape index (κ2) is 18.6. The highest BCUT2D eigenvalue weighted by atomic mass is 35.5. The largest absolute Gasteiger partial charge is 0.370 e. The van der Waals surface area contributed by atoms with E-state index in [2.05, 4.69) is 16.0 Å². The van der Waals surface area contributed by atoms with E-state index in [-0.39, 0.29) is 56.7 Å². The molecule has 0 aliphatic rings. The fourth-order valence-electron chi connectivity index (χ4n) is 2.53. The number of primary amides is 2. The van der Waals surface area contributed by atoms with Gasteiger partial charge in [0.05, 0.1) is 13.1 Å². The number of nitrogens with one attached hydrogen (secondary N) is 3. The predicted molar refractivity (Wildman–Crippen MR) is 120 cm³/mol. The number of carbonyl (C=O) groups is 5. The van der Waals surface area contributed by atoms with Crippen LogP contribution in [0.5, 0.6) is 0 Å². The lowest BCUT2D eigenvalue weighted by atomic mass is 10.1. The molecule has 0 spiro atoms. The molecule has 0 aliphatic carbocycles. The standard InChI is InChI=1S/C17H33N7O5.2ClH/c1-21-9-14(26)23-12(5-3-4-8-18)17(29)24(2)10-15(27)22-11(16(20)28)6-7-13(19)25;;/h11-12,21H,3-10,18H2,1-2H3,(H2,19,25)(H2,20,28)(H,22,27)(H,23,26);2*1H/t11-,12-;;/m0../s1. The van der Waals surface area contributed by atoms with Crippen LogP contribution < -0.4 is 33.2 Å². The average molecular weight is 488 g/mol. The van der Waals surface area contributed by atoms with Crippen molar-refractivity contribution in [1.82, 2.24) is 20.9 Å². The molecule has 0 aromatic heterocycles. The third-order valence-corrected chi connectivity index (χ3v) is 4.03. The molecule has 0 fully saturated rings. The maximum absolute atomic E-state index is 12.7. The number of nitrogens with zero attached hydrogens (tertiary/aromatic N) is 1. The molecule has 0 heterocycles. The van der Waals surface area contributed by atoms with Crippen molar-refractivity contribution in [2.24, 2.45) is 17.2 Å². The number of rotatable bonds is 15. The Hall–Kier alpha value is -2.15. The number of hydrogen-bond acceptors (Lipinski definition) is 7. The normalized spacial score (nSPS) is 11.7. The first kappa shape index (κ1) is 33.5. The van der Waals surface area contributed by atoms with Crippen molar-refractivity contribution in [2.45, 2.75) is 44.2 Å². The topological polar surface area (TPSA) is 203 Å². The zero-order valence-corrected chi connectivity index (χ0v) is 19.5. The SMILES string of the molecule is CNCC(=O)N[C@@H](CCCCN)C(=O)N(C)CC(=O)N[C@@H](CCC(N)=O)C(N)=O.Cl.Cl. The Morgan fingerprint density at radius 2 is 1.48 bits per heavy atom. The van der Waals surface area contributed by atoms with E-state index >= 15 is 0 Å². The molecule has 0 aromatic rings. The van der Waals surface area contributed by atoms with Crippen LogP contribution in [0.1, 0.15) is 32.1 Å². The maximum Gasteiger partial charge on any atom is 0.245 e. The Bertz CT molecular complexity index is 595. The Kier molecular flexibility index (Phi) is 20.1. The van der Waals surface area contributed by atoms with Crippen molar-refractivity contribution in [1.29, 1.82) is 0 Å². The third-order valence-electron chi connectivity index (χ3n) is 4.03. The number of unbranched alkanes of at least 4 members (excludes halogenated alkanes) is 1. The number of likely N-dealkylation sites (N-methyl/N-ethyl adjacent to an activating group) is 2. The van der Waals surface area contributed by atoms with Crippen LogP contribution in [0.2, 0.25) is 0 Å². The minimum atomic E-state index is -1.07. The summed E-state index contributed by atoms with van der Waals surface area (Å²) < 4.78 is 0. The van der Waals surface area contributed by atoms with Gasteiger partial charge in [0.1, 0.15) is 12.1 Å². The summed E-state index contributed by atoms with van der Waals surface area (Å²) in [5.41, 5.74) is 15.7. The number of carbonyl (C=O) groups excluding carboxylic acids is 5. The van der Waals surface area contributed by atoms with Crippen molar-refractivity contribution < 1.29 is 24.0 Å². The highest BCUT2D eigenvalue weighted by Crippen LogP contribution is 2.05. The highest BCUT2D eigenvalue weighted by molar-refractivity contribution is 5.92. The first-order chi connectivity index (χ1) is 13.6. The Labute approximate surface area is 194 Å². The summed E-state index contributed by atoms with van der Waals surface area (Å²) in [6.45, 7) is 0.156. The van der Waals surface area contributed by atoms with Crippen molar-refractivity contribution in [2.75, 3.05) is 33.7 Å². The van der Waals surface area contributed by atoms with Crippen molar-refractivity contribution in [3.8, 4) is 0 Å². The molecule has 0 bridgehead atoms. The van der Waals surface area contributed by atoms with Gasteiger partial charge in [0.25, 0.3) is 0 Å². The van der Waals surface area contributed by atoms with E-state index in [1.165, 1.54) is 7.05 Å². The molecular weight excluding hydrogens is 453 g/mol. The number of nitrogens with two attached hydrogens (primary N) is 3. The number of amides is 5. The molecule has 0 saturated heterocycles. The first-order valence-electron chi connectivity index (χ1n) is 9.38. The van der Waals surface area contributed by atoms with Crippen molar-refractivity contribution >= 4 is 54.3 Å². The Morgan fingerprint density at radius 3 is 1.97 bits per heavy atom. The van der Waals surface area contributed by atoms with Crippen LogP contribution in [0, 0.1) is 0 Å². The van der Waals surface area contributed by atoms with Gasteiger partial charge in [-0.1, -0.05) is 0 Å². The minimum absolute atomic E-state index is 0. The lowest BCUT2D eigenvalue weighted by molar-refractivity contribution is -0.138. The summed E-state index contributed by atoms with van der Waals surface area (Å²) in [5.74, 6) is -2.87. The summed E-state index contributed by atoms with van der Waals surface area (Å²) >= 11 is 0. The molecule has 0 aromatic carbocycles. The van der Waals surface area contributed by atoms with Crippen LogP contribution >= 0.6 is 24.8 Å². The molecule has 14 heteroatoms. The van der Waals surface area contributed by atoms with Gasteiger partial charge in [-0.15, -0.1) is 24.8 Å². The summed E-state index contributed by atoms with van der Waals surface area (Å²) in [4.78, 5) is 60.1. The maximum atomic E-state index is 12.7. The van der Waals surface area contributed by atoms with E-state index < -0.39 is 35.7 Å². The quantitative estimate of drug-likeness (QED) is 0.135. The second-order valence-electron chi connectivity index (χ2n) is 6.66. The molecule has 182 valence electrons. The van der Waals surface area contributed by atoms with Crippen LogP contribution in [0.25, 0.3) is 0 Å². The molecule has 0 radical (unpaired) electrons. The number of halogens is 2. The van der Waals surface area contributed by atoms with Gasteiger partial charge >= 0.3 is 0 Å². The monoisotopic (exact) mass is 487 g/mol. The highest BCUT2D eigenvalue weighted by Gasteiger charge is 2.26. The average Bonchev–Trinajstić information content (AvgIpc) is 2.63. The van der Waals surface area contributed by atoms with Crippen molar-refractivity contribution in [3.63, 3.8) is 0 Å². The molecule has 0 aliphatic heterocycles. The van der Waals surface area contributed by atoms with E-state index in [0.29, 0.717) is 25.8 Å². The molecule has 5 amide bonds. The van der Waals surface area contributed by atoms with Crippen LogP contribution in [0.15, 0.2) is 0 Å². The van der Waals surface area contributed by atoms with E-state index in [9.17, 15) is 24.0 Å². The molecule has 0 rings (SSSR count). The summed E-state index contributed by atoms with van der Waals surface area (Å²) in [5, 5.41) is 7.71. The van der Waals surface area contributed by atoms with E-state index in [1.807, 2.05) is 0 Å². The van der Waals surface area contributed by atoms with Crippen LogP contribution in [0.4, 0.5) is 0 Å². The van der Waals surface area contributed by atoms with E-state index in [0.717, 1.165) is 4.90 Å². The zero-order chi connectivity index (χ0) is 22.4. The first-order valence-corrected chi connectivity index (χ1v) is 9.38. The van der Waals surface area contributed by atoms with Gasteiger partial charge in [-0.25, -0.2) is 0 Å². The zero-order valence-electron chi connectivity index (χ0n) is 17.8. The van der Waals surface area contributed by atoms with Gasteiger partial charge in [0.15, 0.2) is 0 Å². The fourth-order valence-corrected chi connectivity index (χ4v) is 2.53. The number of hydrogen-bond donors (Lipinski definition) is 6. The van der Waals surface area contributed by atoms with E-state index in [4.69, 9.17) is 17.2 Å². The lowest BCUT2D eigenvalue weighted by Gasteiger charge is -2.25. The molecule has 12 nitrogen and oxygen atoms in total. The summed E-state index contributed by atoms with van der Waals surface area (Å²) in [7, 11) is 3.01. The predicted octanol–water partition coefficient (Wildman–Crippen LogP) is -2.64. The molecule has 0 saturated carbocycles. The van der Waals surface area contributed by atoms with E-state index in [1.54, 1.807) is 7.05 Å². The summed E-state index contributed by atoms with van der Waals surface area (Å²) in [6.07, 6.45) is 1.54. The molecule has 0 unspecified atom stereocenters. The molecule has 2 atom stereocenters. The minimum Gasteiger partial charge on any atom is -0.370 e.